The normalized spacial score (nSPS) is 11.2. The third kappa shape index (κ3) is 9.98. The largest absolute Gasteiger partial charge is 0.396 e. The van der Waals surface area contributed by atoms with Gasteiger partial charge < -0.3 is 5.11 Å². The molecule has 0 heterocycles. The molecule has 166 valence electrons. The summed E-state index contributed by atoms with van der Waals surface area (Å²) in [5.41, 5.74) is 9.25. The van der Waals surface area contributed by atoms with Crippen LogP contribution in [0.4, 0.5) is 0 Å². The summed E-state index contributed by atoms with van der Waals surface area (Å²) < 4.78 is 0. The van der Waals surface area contributed by atoms with Crippen molar-refractivity contribution in [2.24, 2.45) is 0 Å². The van der Waals surface area contributed by atoms with Gasteiger partial charge in [0.1, 0.15) is 0 Å². The molecule has 0 aliphatic heterocycles. The molecule has 0 saturated heterocycles. The molecule has 2 aromatic carbocycles. The highest BCUT2D eigenvalue weighted by molar-refractivity contribution is 5.33. The molecule has 0 unspecified atom stereocenters. The van der Waals surface area contributed by atoms with Crippen molar-refractivity contribution in [3.63, 3.8) is 0 Å². The molecule has 2 rings (SSSR count). The number of unbranched alkanes of at least 4 members (excludes halogenated alkanes) is 3. The zero-order chi connectivity index (χ0) is 22.5. The van der Waals surface area contributed by atoms with Crippen LogP contribution in [0, 0.1) is 13.8 Å². The van der Waals surface area contributed by atoms with Gasteiger partial charge in [-0.25, -0.2) is 0 Å². The molecule has 0 radical (unpaired) electrons. The lowest BCUT2D eigenvalue weighted by Crippen LogP contribution is -1.96. The lowest BCUT2D eigenvalue weighted by molar-refractivity contribution is 0.282. The Morgan fingerprint density at radius 2 is 1.35 bits per heavy atom. The smallest absolute Gasteiger partial charge is 0.0431 e. The topological polar surface area (TPSA) is 20.2 Å². The molecule has 0 aromatic heterocycles. The van der Waals surface area contributed by atoms with Crippen LogP contribution in [0.25, 0.3) is 0 Å². The summed E-state index contributed by atoms with van der Waals surface area (Å²) in [6, 6.07) is 15.8. The first kappa shape index (κ1) is 24.9. The first-order valence-corrected chi connectivity index (χ1v) is 11.8. The first-order valence-electron chi connectivity index (χ1n) is 11.8. The number of hydrogen-bond acceptors (Lipinski definition) is 1. The Balaban J connectivity index is 1.74. The predicted molar refractivity (Wildman–Crippen MR) is 136 cm³/mol. The minimum absolute atomic E-state index is 0.302. The second-order valence-corrected chi connectivity index (χ2v) is 8.78. The SMILES string of the molecule is C=C(/C=C\C(=C)CCc1ccc(CCc2ccc(C)cc2)cc1C)CCCCCCO. The van der Waals surface area contributed by atoms with Crippen LogP contribution < -0.4 is 0 Å². The quantitative estimate of drug-likeness (QED) is 0.248. The summed E-state index contributed by atoms with van der Waals surface area (Å²) in [5.74, 6) is 0. The predicted octanol–water partition coefficient (Wildman–Crippen LogP) is 7.63. The van der Waals surface area contributed by atoms with Crippen LogP contribution in [0.1, 0.15) is 66.3 Å². The van der Waals surface area contributed by atoms with Crippen LogP contribution >= 0.6 is 0 Å². The molecule has 2 aromatic rings. The highest BCUT2D eigenvalue weighted by Crippen LogP contribution is 2.18. The van der Waals surface area contributed by atoms with Gasteiger partial charge in [0.25, 0.3) is 0 Å². The lowest BCUT2D eigenvalue weighted by Gasteiger charge is -2.09. The third-order valence-electron chi connectivity index (χ3n) is 5.91. The van der Waals surface area contributed by atoms with Crippen molar-refractivity contribution in [3.8, 4) is 0 Å². The molecule has 0 aliphatic rings. The Morgan fingerprint density at radius 1 is 0.742 bits per heavy atom. The molecule has 1 heteroatoms. The molecule has 0 fully saturated rings. The van der Waals surface area contributed by atoms with E-state index in [4.69, 9.17) is 5.11 Å². The van der Waals surface area contributed by atoms with Gasteiger partial charge in [-0.15, -0.1) is 0 Å². The van der Waals surface area contributed by atoms with Gasteiger partial charge in [0.2, 0.25) is 0 Å². The molecule has 0 bridgehead atoms. The third-order valence-corrected chi connectivity index (χ3v) is 5.91. The number of allylic oxidation sites excluding steroid dienone is 4. The molecule has 1 N–H and O–H groups in total. The Kier molecular flexibility index (Phi) is 11.1. The number of aliphatic hydroxyl groups excluding tert-OH is 1. The van der Waals surface area contributed by atoms with Crippen molar-refractivity contribution in [1.82, 2.24) is 0 Å². The van der Waals surface area contributed by atoms with E-state index < -0.39 is 0 Å². The van der Waals surface area contributed by atoms with Crippen molar-refractivity contribution in [1.29, 1.82) is 0 Å². The second-order valence-electron chi connectivity index (χ2n) is 8.78. The molecule has 0 aliphatic carbocycles. The average molecular weight is 417 g/mol. The fraction of sp³-hybridized carbons (Fsp3) is 0.400. The van der Waals surface area contributed by atoms with E-state index in [1.54, 1.807) is 0 Å². The maximum absolute atomic E-state index is 8.82. The summed E-state index contributed by atoms with van der Waals surface area (Å²) in [7, 11) is 0. The van der Waals surface area contributed by atoms with Crippen LogP contribution in [0.3, 0.4) is 0 Å². The number of benzene rings is 2. The van der Waals surface area contributed by atoms with E-state index in [1.165, 1.54) is 33.4 Å². The molecular formula is C30H40O. The average Bonchev–Trinajstić information content (AvgIpc) is 2.76. The van der Waals surface area contributed by atoms with Gasteiger partial charge in [0, 0.05) is 6.61 Å². The van der Waals surface area contributed by atoms with Crippen LogP contribution in [0.15, 0.2) is 78.9 Å². The van der Waals surface area contributed by atoms with Gasteiger partial charge in [-0.2, -0.15) is 0 Å². The molecule has 0 saturated carbocycles. The maximum Gasteiger partial charge on any atom is 0.0431 e. The van der Waals surface area contributed by atoms with Crippen molar-refractivity contribution in [2.75, 3.05) is 6.61 Å². The Bertz CT molecular complexity index is 854. The summed E-state index contributed by atoms with van der Waals surface area (Å²) >= 11 is 0. The van der Waals surface area contributed by atoms with Crippen LogP contribution in [0.2, 0.25) is 0 Å². The zero-order valence-corrected chi connectivity index (χ0v) is 19.6. The van der Waals surface area contributed by atoms with Crippen molar-refractivity contribution in [2.45, 2.75) is 71.6 Å². The summed E-state index contributed by atoms with van der Waals surface area (Å²) in [6.07, 6.45) is 13.8. The highest BCUT2D eigenvalue weighted by atomic mass is 16.2. The van der Waals surface area contributed by atoms with Crippen LogP contribution in [0.5, 0.6) is 0 Å². The Hall–Kier alpha value is -2.38. The second kappa shape index (κ2) is 13.8. The Labute approximate surface area is 190 Å². The summed E-state index contributed by atoms with van der Waals surface area (Å²) in [6.45, 7) is 13.0. The highest BCUT2D eigenvalue weighted by Gasteiger charge is 2.03. The molecule has 0 atom stereocenters. The van der Waals surface area contributed by atoms with E-state index >= 15 is 0 Å². The summed E-state index contributed by atoms with van der Waals surface area (Å²) in [5, 5.41) is 8.82. The van der Waals surface area contributed by atoms with E-state index in [1.807, 2.05) is 0 Å². The molecular weight excluding hydrogens is 376 g/mol. The van der Waals surface area contributed by atoms with Crippen molar-refractivity contribution >= 4 is 0 Å². The monoisotopic (exact) mass is 416 g/mol. The maximum atomic E-state index is 8.82. The van der Waals surface area contributed by atoms with E-state index in [9.17, 15) is 0 Å². The molecule has 0 spiro atoms. The van der Waals surface area contributed by atoms with Gasteiger partial charge in [-0.3, -0.25) is 0 Å². The molecule has 31 heavy (non-hydrogen) atoms. The standard InChI is InChI=1S/C30H40O/c1-24(9-7-5-6-8-22-31)10-11-25(2)14-20-30-21-19-29(23-27(30)4)18-17-28-15-12-26(3)13-16-28/h10-13,15-16,19,21,23,31H,1-2,5-9,14,17-18,20,22H2,3-4H3/b11-10-. The van der Waals surface area contributed by atoms with Gasteiger partial charge in [0.15, 0.2) is 0 Å². The number of aryl methyl sites for hydroxylation is 5. The zero-order valence-electron chi connectivity index (χ0n) is 19.6. The minimum atomic E-state index is 0.302. The van der Waals surface area contributed by atoms with Gasteiger partial charge >= 0.3 is 0 Å². The van der Waals surface area contributed by atoms with Crippen LogP contribution in [-0.4, -0.2) is 11.7 Å². The first-order chi connectivity index (χ1) is 15.0. The Morgan fingerprint density at radius 3 is 2.03 bits per heavy atom. The van der Waals surface area contributed by atoms with E-state index in [0.29, 0.717) is 6.61 Å². The van der Waals surface area contributed by atoms with Gasteiger partial charge in [-0.05, 0) is 81.0 Å². The number of hydrogen-bond donors (Lipinski definition) is 1. The number of aliphatic hydroxyl groups is 1. The van der Waals surface area contributed by atoms with Gasteiger partial charge in [0.05, 0.1) is 0 Å². The van der Waals surface area contributed by atoms with E-state index in [-0.39, 0.29) is 0 Å². The van der Waals surface area contributed by atoms with Crippen LogP contribution in [-0.2, 0) is 19.3 Å². The minimum Gasteiger partial charge on any atom is -0.396 e. The van der Waals surface area contributed by atoms with Crippen molar-refractivity contribution < 1.29 is 5.11 Å². The van der Waals surface area contributed by atoms with Gasteiger partial charge in [-0.1, -0.05) is 97.3 Å². The van der Waals surface area contributed by atoms with E-state index in [0.717, 1.165) is 63.4 Å². The fourth-order valence-electron chi connectivity index (χ4n) is 3.75. The number of rotatable bonds is 14. The molecule has 0 amide bonds. The lowest BCUT2D eigenvalue weighted by atomic mass is 9.96. The summed E-state index contributed by atoms with van der Waals surface area (Å²) in [4.78, 5) is 0. The fourth-order valence-corrected chi connectivity index (χ4v) is 3.75. The van der Waals surface area contributed by atoms with Crippen molar-refractivity contribution in [3.05, 3.63) is 107 Å². The van der Waals surface area contributed by atoms with E-state index in [2.05, 4.69) is 81.6 Å². The molecule has 1 nitrogen and oxygen atoms in total.